The summed E-state index contributed by atoms with van der Waals surface area (Å²) in [6, 6.07) is 4.88. The Bertz CT molecular complexity index is 765. The van der Waals surface area contributed by atoms with E-state index in [-0.39, 0.29) is 24.3 Å². The molecule has 3 rings (SSSR count). The maximum atomic E-state index is 15.4. The predicted octanol–water partition coefficient (Wildman–Crippen LogP) is 3.66. The molecule has 1 aromatic rings. The van der Waals surface area contributed by atoms with Crippen LogP contribution in [0.5, 0.6) is 5.75 Å². The zero-order valence-electron chi connectivity index (χ0n) is 16.2. The van der Waals surface area contributed by atoms with Crippen LogP contribution < -0.4 is 9.46 Å². The number of benzene rings is 1. The molecule has 2 aliphatic rings. The molecular weight excluding hydrogens is 456 g/mol. The number of rotatable bonds is 4. The van der Waals surface area contributed by atoms with Crippen LogP contribution in [0.1, 0.15) is 45.6 Å². The first-order valence-electron chi connectivity index (χ1n) is 9.20. The third-order valence-electron chi connectivity index (χ3n) is 5.25. The molecule has 158 valence electrons. The SMILES string of the molecule is CC(C)(C)S(=O)N[C@]1(C(F)(F)CO)CC2(CCCOC2)Oc2ccc(Br)cc21. The van der Waals surface area contributed by atoms with E-state index in [1.54, 1.807) is 39.0 Å². The van der Waals surface area contributed by atoms with Crippen LogP contribution >= 0.6 is 15.9 Å². The minimum atomic E-state index is -3.59. The molecule has 3 atom stereocenters. The lowest BCUT2D eigenvalue weighted by atomic mass is 9.71. The summed E-state index contributed by atoms with van der Waals surface area (Å²) in [5.41, 5.74) is -2.88. The number of halogens is 3. The number of aliphatic hydroxyl groups is 1. The van der Waals surface area contributed by atoms with Gasteiger partial charge in [-0.15, -0.1) is 0 Å². The van der Waals surface area contributed by atoms with Gasteiger partial charge in [0.2, 0.25) is 0 Å². The molecule has 0 aliphatic carbocycles. The zero-order chi connectivity index (χ0) is 20.8. The summed E-state index contributed by atoms with van der Waals surface area (Å²) in [4.78, 5) is 0. The van der Waals surface area contributed by atoms with Crippen molar-refractivity contribution in [2.24, 2.45) is 0 Å². The molecule has 1 spiro atoms. The summed E-state index contributed by atoms with van der Waals surface area (Å²) in [6.45, 7) is 4.45. The minimum Gasteiger partial charge on any atom is -0.484 e. The van der Waals surface area contributed by atoms with Crippen molar-refractivity contribution in [3.05, 3.63) is 28.2 Å². The van der Waals surface area contributed by atoms with Crippen LogP contribution in [-0.2, 0) is 21.3 Å². The van der Waals surface area contributed by atoms with Crippen molar-refractivity contribution >= 4 is 26.9 Å². The van der Waals surface area contributed by atoms with E-state index in [9.17, 15) is 9.32 Å². The molecule has 0 amide bonds. The van der Waals surface area contributed by atoms with Crippen LogP contribution in [0.15, 0.2) is 22.7 Å². The first-order valence-corrected chi connectivity index (χ1v) is 11.1. The van der Waals surface area contributed by atoms with Gasteiger partial charge in [-0.25, -0.2) is 17.7 Å². The average molecular weight is 482 g/mol. The van der Waals surface area contributed by atoms with E-state index in [4.69, 9.17) is 9.47 Å². The maximum absolute atomic E-state index is 15.4. The van der Waals surface area contributed by atoms with E-state index < -0.39 is 39.4 Å². The monoisotopic (exact) mass is 481 g/mol. The minimum absolute atomic E-state index is 0.162. The molecule has 2 aliphatic heterocycles. The van der Waals surface area contributed by atoms with Gasteiger partial charge in [0, 0.05) is 23.1 Å². The molecule has 9 heteroatoms. The summed E-state index contributed by atoms with van der Waals surface area (Å²) in [6.07, 6.45) is 1.05. The number of ether oxygens (including phenoxy) is 2. The highest BCUT2D eigenvalue weighted by atomic mass is 79.9. The summed E-state index contributed by atoms with van der Waals surface area (Å²) >= 11 is 3.33. The lowest BCUT2D eigenvalue weighted by Gasteiger charge is -2.52. The Balaban J connectivity index is 2.22. The predicted molar refractivity (Wildman–Crippen MR) is 107 cm³/mol. The van der Waals surface area contributed by atoms with Gasteiger partial charge in [0.15, 0.2) is 0 Å². The van der Waals surface area contributed by atoms with Crippen LogP contribution in [0.2, 0.25) is 0 Å². The topological polar surface area (TPSA) is 67.8 Å². The van der Waals surface area contributed by atoms with Gasteiger partial charge in [0.1, 0.15) is 23.5 Å². The summed E-state index contributed by atoms with van der Waals surface area (Å²) in [5, 5.41) is 9.64. The van der Waals surface area contributed by atoms with Crippen LogP contribution in [0.4, 0.5) is 8.78 Å². The van der Waals surface area contributed by atoms with Crippen molar-refractivity contribution in [3.63, 3.8) is 0 Å². The van der Waals surface area contributed by atoms with Crippen LogP contribution in [0, 0.1) is 0 Å². The molecule has 28 heavy (non-hydrogen) atoms. The Labute approximate surface area is 174 Å². The normalized spacial score (nSPS) is 29.2. The van der Waals surface area contributed by atoms with Crippen molar-refractivity contribution in [2.45, 2.75) is 61.8 Å². The Morgan fingerprint density at radius 1 is 1.36 bits per heavy atom. The Kier molecular flexibility index (Phi) is 5.97. The maximum Gasteiger partial charge on any atom is 0.293 e. The second kappa shape index (κ2) is 7.58. The molecule has 0 bridgehead atoms. The fraction of sp³-hybridized carbons (Fsp3) is 0.684. The highest BCUT2D eigenvalue weighted by Crippen LogP contribution is 2.53. The standard InChI is InChI=1S/C19H26BrF2NO4S/c1-16(2,3)28(25)23-18(19(21,22)11-24)10-17(7-4-8-26-12-17)27-15-6-5-13(20)9-14(15)18/h5-6,9,23-24H,4,7-8,10-12H2,1-3H3/t17?,18-,28?/m1/s1. The fourth-order valence-electron chi connectivity index (χ4n) is 3.76. The van der Waals surface area contributed by atoms with E-state index in [0.29, 0.717) is 23.9 Å². The van der Waals surface area contributed by atoms with Crippen molar-refractivity contribution in [3.8, 4) is 5.75 Å². The molecule has 1 saturated heterocycles. The summed E-state index contributed by atoms with van der Waals surface area (Å²) < 4.78 is 58.1. The summed E-state index contributed by atoms with van der Waals surface area (Å²) in [5.74, 6) is -3.30. The van der Waals surface area contributed by atoms with Crippen molar-refractivity contribution in [2.75, 3.05) is 19.8 Å². The van der Waals surface area contributed by atoms with E-state index in [2.05, 4.69) is 20.7 Å². The van der Waals surface area contributed by atoms with E-state index in [1.165, 1.54) is 0 Å². The third-order valence-corrected chi connectivity index (χ3v) is 7.39. The Morgan fingerprint density at radius 2 is 2.07 bits per heavy atom. The van der Waals surface area contributed by atoms with E-state index >= 15 is 8.78 Å². The Hall–Kier alpha value is -0.610. The smallest absolute Gasteiger partial charge is 0.293 e. The van der Waals surface area contributed by atoms with Gasteiger partial charge in [-0.3, -0.25) is 0 Å². The zero-order valence-corrected chi connectivity index (χ0v) is 18.6. The third kappa shape index (κ3) is 3.88. The molecule has 0 saturated carbocycles. The van der Waals surface area contributed by atoms with E-state index in [1.807, 2.05) is 0 Å². The molecule has 0 radical (unpaired) electrons. The first kappa shape index (κ1) is 22.1. The van der Waals surface area contributed by atoms with Crippen molar-refractivity contribution in [1.29, 1.82) is 0 Å². The van der Waals surface area contributed by atoms with Gasteiger partial charge in [0.25, 0.3) is 5.92 Å². The van der Waals surface area contributed by atoms with Crippen molar-refractivity contribution < 1.29 is 27.6 Å². The second-order valence-electron chi connectivity index (χ2n) is 8.51. The number of nitrogens with one attached hydrogen (secondary N) is 1. The van der Waals surface area contributed by atoms with Gasteiger partial charge in [-0.05, 0) is 51.8 Å². The molecule has 5 nitrogen and oxygen atoms in total. The number of aliphatic hydroxyl groups excluding tert-OH is 1. The number of alkyl halides is 2. The molecule has 1 fully saturated rings. The fourth-order valence-corrected chi connectivity index (χ4v) is 5.07. The first-order chi connectivity index (χ1) is 12.9. The van der Waals surface area contributed by atoms with Crippen LogP contribution in [0.25, 0.3) is 0 Å². The highest BCUT2D eigenvalue weighted by Gasteiger charge is 2.63. The molecule has 2 N–H and O–H groups in total. The van der Waals surface area contributed by atoms with Crippen LogP contribution in [0.3, 0.4) is 0 Å². The largest absolute Gasteiger partial charge is 0.484 e. The highest BCUT2D eigenvalue weighted by molar-refractivity contribution is 9.10. The van der Waals surface area contributed by atoms with Crippen LogP contribution in [-0.4, -0.2) is 45.4 Å². The summed E-state index contributed by atoms with van der Waals surface area (Å²) in [7, 11) is -1.81. The lowest BCUT2D eigenvalue weighted by Crippen LogP contribution is -2.66. The van der Waals surface area contributed by atoms with Gasteiger partial charge < -0.3 is 14.6 Å². The van der Waals surface area contributed by atoms with Crippen molar-refractivity contribution in [1.82, 2.24) is 4.72 Å². The Morgan fingerprint density at radius 3 is 2.64 bits per heavy atom. The lowest BCUT2D eigenvalue weighted by molar-refractivity contribution is -0.170. The molecular formula is C19H26BrF2NO4S. The second-order valence-corrected chi connectivity index (χ2v) is 11.4. The number of fused-ring (bicyclic) bond motifs is 1. The number of hydrogen-bond acceptors (Lipinski definition) is 4. The van der Waals surface area contributed by atoms with Gasteiger partial charge >= 0.3 is 0 Å². The van der Waals surface area contributed by atoms with Gasteiger partial charge in [-0.1, -0.05) is 15.9 Å². The van der Waals surface area contributed by atoms with E-state index in [0.717, 1.165) is 0 Å². The molecule has 2 unspecified atom stereocenters. The quantitative estimate of drug-likeness (QED) is 0.688. The average Bonchev–Trinajstić information content (AvgIpc) is 2.62. The molecule has 2 heterocycles. The van der Waals surface area contributed by atoms with Gasteiger partial charge in [-0.2, -0.15) is 0 Å². The van der Waals surface area contributed by atoms with Gasteiger partial charge in [0.05, 0.1) is 22.3 Å². The molecule has 0 aromatic heterocycles. The number of hydrogen-bond donors (Lipinski definition) is 2. The molecule has 1 aromatic carbocycles.